The minimum absolute atomic E-state index is 0.253. The van der Waals surface area contributed by atoms with Crippen molar-refractivity contribution in [1.29, 1.82) is 0 Å². The summed E-state index contributed by atoms with van der Waals surface area (Å²) in [6, 6.07) is 2.39. The summed E-state index contributed by atoms with van der Waals surface area (Å²) in [5.41, 5.74) is 1.20. The van der Waals surface area contributed by atoms with Crippen molar-refractivity contribution in [1.82, 2.24) is 9.88 Å². The zero-order chi connectivity index (χ0) is 11.5. The number of halogens is 1. The molecule has 0 bridgehead atoms. The molecular weight excluding hydrogens is 268 g/mol. The lowest BCUT2D eigenvalue weighted by Crippen LogP contribution is -2.34. The van der Waals surface area contributed by atoms with Gasteiger partial charge in [0.05, 0.1) is 6.61 Å². The van der Waals surface area contributed by atoms with Crippen molar-refractivity contribution in [2.45, 2.75) is 25.9 Å². The average molecular weight is 285 g/mol. The summed E-state index contributed by atoms with van der Waals surface area (Å²) < 4.78 is 1.01. The van der Waals surface area contributed by atoms with Crippen molar-refractivity contribution in [3.8, 4) is 0 Å². The van der Waals surface area contributed by atoms with E-state index in [0.717, 1.165) is 17.6 Å². The zero-order valence-electron chi connectivity index (χ0n) is 9.43. The molecule has 1 aliphatic rings. The third-order valence-corrected chi connectivity index (χ3v) is 3.77. The van der Waals surface area contributed by atoms with Crippen molar-refractivity contribution < 1.29 is 5.11 Å². The molecule has 1 fully saturated rings. The molecule has 1 saturated heterocycles. The Labute approximate surface area is 105 Å². The maximum atomic E-state index is 9.37. The van der Waals surface area contributed by atoms with Gasteiger partial charge in [-0.3, -0.25) is 9.88 Å². The fraction of sp³-hybridized carbons (Fsp3) is 0.583. The molecule has 2 atom stereocenters. The number of pyridine rings is 1. The highest BCUT2D eigenvalue weighted by molar-refractivity contribution is 9.10. The second kappa shape index (κ2) is 5.25. The van der Waals surface area contributed by atoms with E-state index >= 15 is 0 Å². The smallest absolute Gasteiger partial charge is 0.0589 e. The zero-order valence-corrected chi connectivity index (χ0v) is 11.0. The monoisotopic (exact) mass is 284 g/mol. The van der Waals surface area contributed by atoms with Crippen LogP contribution in [-0.4, -0.2) is 34.2 Å². The maximum Gasteiger partial charge on any atom is 0.0589 e. The van der Waals surface area contributed by atoms with E-state index in [4.69, 9.17) is 0 Å². The Morgan fingerprint density at radius 1 is 1.56 bits per heavy atom. The number of nitrogens with zero attached hydrogens (tertiary/aromatic N) is 2. The molecule has 0 aromatic carbocycles. The van der Waals surface area contributed by atoms with Crippen LogP contribution in [0.4, 0.5) is 0 Å². The van der Waals surface area contributed by atoms with Crippen LogP contribution in [0, 0.1) is 5.92 Å². The Balaban J connectivity index is 2.04. The average Bonchev–Trinajstić information content (AvgIpc) is 2.59. The molecule has 2 unspecified atom stereocenters. The van der Waals surface area contributed by atoms with Gasteiger partial charge >= 0.3 is 0 Å². The van der Waals surface area contributed by atoms with Crippen LogP contribution in [0.1, 0.15) is 18.9 Å². The van der Waals surface area contributed by atoms with Crippen molar-refractivity contribution in [2.75, 3.05) is 13.2 Å². The number of likely N-dealkylation sites (tertiary alicyclic amines) is 1. The quantitative estimate of drug-likeness (QED) is 0.923. The van der Waals surface area contributed by atoms with Gasteiger partial charge in [-0.15, -0.1) is 0 Å². The van der Waals surface area contributed by atoms with Gasteiger partial charge in [-0.05, 0) is 46.4 Å². The Kier molecular flexibility index (Phi) is 3.95. The predicted molar refractivity (Wildman–Crippen MR) is 67.0 cm³/mol. The number of aliphatic hydroxyl groups excluding tert-OH is 1. The van der Waals surface area contributed by atoms with Gasteiger partial charge in [0, 0.05) is 29.5 Å². The van der Waals surface area contributed by atoms with Crippen LogP contribution in [0.25, 0.3) is 0 Å². The van der Waals surface area contributed by atoms with Crippen molar-refractivity contribution in [3.05, 3.63) is 28.5 Å². The van der Waals surface area contributed by atoms with Gasteiger partial charge in [0.2, 0.25) is 0 Å². The van der Waals surface area contributed by atoms with E-state index in [2.05, 4.69) is 38.8 Å². The predicted octanol–water partition coefficient (Wildman–Crippen LogP) is 2.05. The summed E-state index contributed by atoms with van der Waals surface area (Å²) in [4.78, 5) is 6.50. The number of aromatic nitrogens is 1. The fourth-order valence-electron chi connectivity index (χ4n) is 2.36. The maximum absolute atomic E-state index is 9.37. The van der Waals surface area contributed by atoms with Gasteiger partial charge in [-0.2, -0.15) is 0 Å². The van der Waals surface area contributed by atoms with E-state index < -0.39 is 0 Å². The van der Waals surface area contributed by atoms with Crippen LogP contribution >= 0.6 is 15.9 Å². The molecule has 1 aromatic rings. The Morgan fingerprint density at radius 3 is 3.06 bits per heavy atom. The van der Waals surface area contributed by atoms with Crippen molar-refractivity contribution in [2.24, 2.45) is 5.92 Å². The summed E-state index contributed by atoms with van der Waals surface area (Å²) >= 11 is 3.43. The van der Waals surface area contributed by atoms with Crippen LogP contribution in [0.3, 0.4) is 0 Å². The lowest BCUT2D eigenvalue weighted by atomic mass is 10.0. The molecule has 1 aliphatic heterocycles. The highest BCUT2D eigenvalue weighted by Gasteiger charge is 2.30. The van der Waals surface area contributed by atoms with Gasteiger partial charge in [0.15, 0.2) is 0 Å². The topological polar surface area (TPSA) is 36.4 Å². The largest absolute Gasteiger partial charge is 0.395 e. The van der Waals surface area contributed by atoms with Gasteiger partial charge in [0.25, 0.3) is 0 Å². The Bertz CT molecular complexity index is 359. The molecule has 2 heterocycles. The molecule has 3 nitrogen and oxygen atoms in total. The number of hydrogen-bond acceptors (Lipinski definition) is 3. The van der Waals surface area contributed by atoms with E-state index in [1.54, 1.807) is 6.20 Å². The highest BCUT2D eigenvalue weighted by Crippen LogP contribution is 2.25. The van der Waals surface area contributed by atoms with Crippen LogP contribution in [0.2, 0.25) is 0 Å². The van der Waals surface area contributed by atoms with Crippen LogP contribution in [0.5, 0.6) is 0 Å². The Hall–Kier alpha value is -0.450. The van der Waals surface area contributed by atoms with E-state index in [9.17, 15) is 5.11 Å². The third kappa shape index (κ3) is 2.62. The third-order valence-electron chi connectivity index (χ3n) is 3.33. The first kappa shape index (κ1) is 12.0. The first-order valence-corrected chi connectivity index (χ1v) is 6.44. The standard InChI is InChI=1S/C12H17BrN2O/c1-9-2-3-15(12(9)8-16)7-10-4-11(13)6-14-5-10/h4-6,9,12,16H,2-3,7-8H2,1H3. The molecular formula is C12H17BrN2O. The molecule has 4 heteroatoms. The number of aliphatic hydroxyl groups is 1. The summed E-state index contributed by atoms with van der Waals surface area (Å²) in [6.45, 7) is 4.41. The normalized spacial score (nSPS) is 26.2. The van der Waals surface area contributed by atoms with Crippen LogP contribution in [0.15, 0.2) is 22.9 Å². The van der Waals surface area contributed by atoms with Crippen molar-refractivity contribution in [3.63, 3.8) is 0 Å². The van der Waals surface area contributed by atoms with E-state index in [1.807, 2.05) is 6.20 Å². The number of rotatable bonds is 3. The molecule has 16 heavy (non-hydrogen) atoms. The molecule has 0 amide bonds. The Morgan fingerprint density at radius 2 is 2.38 bits per heavy atom. The molecule has 2 rings (SSSR count). The van der Waals surface area contributed by atoms with Gasteiger partial charge in [0.1, 0.15) is 0 Å². The molecule has 88 valence electrons. The minimum atomic E-state index is 0.253. The van der Waals surface area contributed by atoms with Crippen LogP contribution in [-0.2, 0) is 6.54 Å². The summed E-state index contributed by atoms with van der Waals surface area (Å²) in [6.07, 6.45) is 4.86. The second-order valence-electron chi connectivity index (χ2n) is 4.50. The summed E-state index contributed by atoms with van der Waals surface area (Å²) in [5.74, 6) is 0.588. The molecule has 1 aromatic heterocycles. The SMILES string of the molecule is CC1CCN(Cc2cncc(Br)c2)C1CO. The van der Waals surface area contributed by atoms with Gasteiger partial charge < -0.3 is 5.11 Å². The second-order valence-corrected chi connectivity index (χ2v) is 5.41. The summed E-state index contributed by atoms with van der Waals surface area (Å²) in [7, 11) is 0. The fourth-order valence-corrected chi connectivity index (χ4v) is 2.77. The molecule has 1 N–H and O–H groups in total. The first-order valence-electron chi connectivity index (χ1n) is 5.65. The molecule has 0 spiro atoms. The van der Waals surface area contributed by atoms with E-state index in [1.165, 1.54) is 12.0 Å². The van der Waals surface area contributed by atoms with E-state index in [0.29, 0.717) is 12.0 Å². The lowest BCUT2D eigenvalue weighted by molar-refractivity contribution is 0.134. The molecule has 0 aliphatic carbocycles. The van der Waals surface area contributed by atoms with Gasteiger partial charge in [-0.25, -0.2) is 0 Å². The molecule has 0 saturated carbocycles. The number of hydrogen-bond donors (Lipinski definition) is 1. The van der Waals surface area contributed by atoms with Crippen molar-refractivity contribution >= 4 is 15.9 Å². The van der Waals surface area contributed by atoms with Gasteiger partial charge in [-0.1, -0.05) is 6.92 Å². The minimum Gasteiger partial charge on any atom is -0.395 e. The lowest BCUT2D eigenvalue weighted by Gasteiger charge is -2.24. The van der Waals surface area contributed by atoms with E-state index in [-0.39, 0.29) is 6.61 Å². The highest BCUT2D eigenvalue weighted by atomic mass is 79.9. The molecule has 0 radical (unpaired) electrons. The van der Waals surface area contributed by atoms with Crippen LogP contribution < -0.4 is 0 Å². The summed E-state index contributed by atoms with van der Waals surface area (Å²) in [5, 5.41) is 9.37. The first-order chi connectivity index (χ1) is 7.70.